The van der Waals surface area contributed by atoms with Crippen molar-refractivity contribution in [2.45, 2.75) is 26.5 Å². The molecule has 3 N–H and O–H groups in total. The minimum Gasteiger partial charge on any atom is -0.392 e. The van der Waals surface area contributed by atoms with Crippen molar-refractivity contribution < 1.29 is 5.11 Å². The van der Waals surface area contributed by atoms with Crippen LogP contribution in [0, 0.1) is 5.92 Å². The van der Waals surface area contributed by atoms with E-state index < -0.39 is 0 Å². The highest BCUT2D eigenvalue weighted by molar-refractivity contribution is 5.77. The van der Waals surface area contributed by atoms with E-state index in [1.807, 2.05) is 25.8 Å². The number of hydrogen-bond donors (Lipinski definition) is 3. The molecular formula is C13H20N4O2. The average Bonchev–Trinajstić information content (AvgIpc) is 2.73. The highest BCUT2D eigenvalue weighted by Crippen LogP contribution is 2.14. The summed E-state index contributed by atoms with van der Waals surface area (Å²) < 4.78 is 0. The largest absolute Gasteiger partial charge is 0.392 e. The molecule has 6 heteroatoms. The molecule has 104 valence electrons. The minimum absolute atomic E-state index is 0.166. The van der Waals surface area contributed by atoms with Gasteiger partial charge in [0.25, 0.3) is 5.56 Å². The fraction of sp³-hybridized carbons (Fsp3) is 0.538. The van der Waals surface area contributed by atoms with Gasteiger partial charge in [0.05, 0.1) is 17.9 Å². The Bertz CT molecular complexity index is 602. The molecule has 2 aromatic rings. The third kappa shape index (κ3) is 3.02. The lowest BCUT2D eigenvalue weighted by molar-refractivity contribution is 0.0839. The van der Waals surface area contributed by atoms with E-state index in [4.69, 9.17) is 0 Å². The molecule has 0 radical (unpaired) electrons. The van der Waals surface area contributed by atoms with Crippen molar-refractivity contribution in [1.82, 2.24) is 19.9 Å². The monoisotopic (exact) mass is 264 g/mol. The zero-order valence-corrected chi connectivity index (χ0v) is 11.5. The molecule has 19 heavy (non-hydrogen) atoms. The Hall–Kier alpha value is -1.66. The van der Waals surface area contributed by atoms with Crippen molar-refractivity contribution in [1.29, 1.82) is 0 Å². The van der Waals surface area contributed by atoms with Gasteiger partial charge < -0.3 is 15.1 Å². The first-order chi connectivity index (χ1) is 8.99. The maximum Gasteiger partial charge on any atom is 0.275 e. The summed E-state index contributed by atoms with van der Waals surface area (Å²) in [4.78, 5) is 23.3. The number of nitrogens with zero attached hydrogens (tertiary/aromatic N) is 2. The SMILES string of the molecule is CC(C)C(O)CN(C)Cc1c[nH]c2c(=O)[nH]cnc12. The number of likely N-dealkylation sites (N-methyl/N-ethyl adjacent to an activating group) is 1. The van der Waals surface area contributed by atoms with Crippen LogP contribution in [0.3, 0.4) is 0 Å². The number of H-pyrrole nitrogens is 2. The summed E-state index contributed by atoms with van der Waals surface area (Å²) in [5.41, 5.74) is 1.98. The average molecular weight is 264 g/mol. The number of rotatable bonds is 5. The van der Waals surface area contributed by atoms with Gasteiger partial charge in [-0.25, -0.2) is 4.98 Å². The van der Waals surface area contributed by atoms with E-state index >= 15 is 0 Å². The number of hydrogen-bond acceptors (Lipinski definition) is 4. The van der Waals surface area contributed by atoms with E-state index in [1.54, 1.807) is 6.20 Å². The third-order valence-corrected chi connectivity index (χ3v) is 3.26. The lowest BCUT2D eigenvalue weighted by atomic mass is 10.1. The standard InChI is InChI=1S/C13H20N4O2/c1-8(2)10(18)6-17(3)5-9-4-14-12-11(9)15-7-16-13(12)19/h4,7-8,10,14,18H,5-6H2,1-3H3,(H,15,16,19). The number of aromatic amines is 2. The summed E-state index contributed by atoms with van der Waals surface area (Å²) in [6.45, 7) is 5.21. The van der Waals surface area contributed by atoms with Crippen molar-refractivity contribution in [3.8, 4) is 0 Å². The fourth-order valence-corrected chi connectivity index (χ4v) is 2.01. The van der Waals surface area contributed by atoms with Gasteiger partial charge in [0.1, 0.15) is 5.52 Å². The molecule has 0 saturated heterocycles. The molecule has 0 aliphatic rings. The predicted molar refractivity (Wildman–Crippen MR) is 73.9 cm³/mol. The summed E-state index contributed by atoms with van der Waals surface area (Å²) in [5.74, 6) is 0.228. The van der Waals surface area contributed by atoms with Crippen LogP contribution in [0.1, 0.15) is 19.4 Å². The van der Waals surface area contributed by atoms with Crippen molar-refractivity contribution >= 4 is 11.0 Å². The van der Waals surface area contributed by atoms with E-state index in [1.165, 1.54) is 6.33 Å². The summed E-state index contributed by atoms with van der Waals surface area (Å²) in [5, 5.41) is 9.86. The molecule has 2 rings (SSSR count). The minimum atomic E-state index is -0.355. The van der Waals surface area contributed by atoms with Crippen LogP contribution < -0.4 is 5.56 Å². The van der Waals surface area contributed by atoms with Crippen molar-refractivity contribution in [2.75, 3.05) is 13.6 Å². The number of nitrogens with one attached hydrogen (secondary N) is 2. The van der Waals surface area contributed by atoms with E-state index in [9.17, 15) is 9.90 Å². The van der Waals surface area contributed by atoms with E-state index in [0.717, 1.165) is 5.56 Å². The van der Waals surface area contributed by atoms with E-state index in [0.29, 0.717) is 24.1 Å². The molecule has 0 bridgehead atoms. The molecule has 0 aliphatic carbocycles. The van der Waals surface area contributed by atoms with Crippen molar-refractivity contribution in [3.05, 3.63) is 28.4 Å². The van der Waals surface area contributed by atoms with Crippen LogP contribution in [-0.2, 0) is 6.54 Å². The van der Waals surface area contributed by atoms with Gasteiger partial charge in [-0.3, -0.25) is 9.69 Å². The van der Waals surface area contributed by atoms with Crippen LogP contribution in [0.15, 0.2) is 17.3 Å². The van der Waals surface area contributed by atoms with Crippen LogP contribution in [-0.4, -0.2) is 44.7 Å². The zero-order valence-electron chi connectivity index (χ0n) is 11.5. The topological polar surface area (TPSA) is 85.0 Å². The maximum atomic E-state index is 11.6. The van der Waals surface area contributed by atoms with Gasteiger partial charge in [0, 0.05) is 24.8 Å². The first kappa shape index (κ1) is 13.8. The molecule has 2 aromatic heterocycles. The number of aromatic nitrogens is 3. The molecule has 2 heterocycles. The van der Waals surface area contributed by atoms with Gasteiger partial charge in [-0.15, -0.1) is 0 Å². The lowest BCUT2D eigenvalue weighted by Gasteiger charge is -2.22. The molecule has 1 unspecified atom stereocenters. The Morgan fingerprint density at radius 1 is 1.42 bits per heavy atom. The lowest BCUT2D eigenvalue weighted by Crippen LogP contribution is -2.32. The van der Waals surface area contributed by atoms with Gasteiger partial charge in [-0.05, 0) is 13.0 Å². The molecule has 0 saturated carbocycles. The zero-order chi connectivity index (χ0) is 14.0. The number of fused-ring (bicyclic) bond motifs is 1. The molecule has 0 amide bonds. The number of aliphatic hydroxyl groups excluding tert-OH is 1. The summed E-state index contributed by atoms with van der Waals surface area (Å²) >= 11 is 0. The molecule has 0 spiro atoms. The number of aliphatic hydroxyl groups is 1. The Morgan fingerprint density at radius 3 is 2.84 bits per heavy atom. The van der Waals surface area contributed by atoms with Crippen molar-refractivity contribution in [3.63, 3.8) is 0 Å². The Morgan fingerprint density at radius 2 is 2.16 bits per heavy atom. The maximum absolute atomic E-state index is 11.6. The van der Waals surface area contributed by atoms with Gasteiger partial charge in [-0.1, -0.05) is 13.8 Å². The van der Waals surface area contributed by atoms with Gasteiger partial charge in [0.2, 0.25) is 0 Å². The first-order valence-electron chi connectivity index (χ1n) is 6.39. The summed E-state index contributed by atoms with van der Waals surface area (Å²) in [7, 11) is 1.94. The van der Waals surface area contributed by atoms with Crippen molar-refractivity contribution in [2.24, 2.45) is 5.92 Å². The van der Waals surface area contributed by atoms with Crippen LogP contribution in [0.2, 0.25) is 0 Å². The molecular weight excluding hydrogens is 244 g/mol. The highest BCUT2D eigenvalue weighted by atomic mass is 16.3. The molecule has 1 atom stereocenters. The Balaban J connectivity index is 2.13. The van der Waals surface area contributed by atoms with Gasteiger partial charge in [0.15, 0.2) is 0 Å². The second-order valence-electron chi connectivity index (χ2n) is 5.28. The van der Waals surface area contributed by atoms with Crippen LogP contribution in [0.25, 0.3) is 11.0 Å². The third-order valence-electron chi connectivity index (χ3n) is 3.26. The van der Waals surface area contributed by atoms with Crippen LogP contribution in [0.4, 0.5) is 0 Å². The fourth-order valence-electron chi connectivity index (χ4n) is 2.01. The highest BCUT2D eigenvalue weighted by Gasteiger charge is 2.14. The summed E-state index contributed by atoms with van der Waals surface area (Å²) in [6.07, 6.45) is 2.85. The van der Waals surface area contributed by atoms with E-state index in [-0.39, 0.29) is 17.6 Å². The van der Waals surface area contributed by atoms with Gasteiger partial charge in [-0.2, -0.15) is 0 Å². The molecule has 0 aliphatic heterocycles. The Kier molecular flexibility index (Phi) is 4.01. The summed E-state index contributed by atoms with van der Waals surface area (Å²) in [6, 6.07) is 0. The smallest absolute Gasteiger partial charge is 0.275 e. The van der Waals surface area contributed by atoms with Crippen LogP contribution in [0.5, 0.6) is 0 Å². The quantitative estimate of drug-likeness (QED) is 0.742. The van der Waals surface area contributed by atoms with Crippen LogP contribution >= 0.6 is 0 Å². The molecule has 0 fully saturated rings. The van der Waals surface area contributed by atoms with E-state index in [2.05, 4.69) is 15.0 Å². The molecule has 0 aromatic carbocycles. The second kappa shape index (κ2) is 5.54. The Labute approximate surface area is 111 Å². The predicted octanol–water partition coefficient (Wildman–Crippen LogP) is 0.700. The second-order valence-corrected chi connectivity index (χ2v) is 5.28. The normalized spacial score (nSPS) is 13.6. The van der Waals surface area contributed by atoms with Gasteiger partial charge >= 0.3 is 0 Å². The first-order valence-corrected chi connectivity index (χ1v) is 6.39. The molecule has 6 nitrogen and oxygen atoms in total.